The van der Waals surface area contributed by atoms with Crippen molar-refractivity contribution in [3.05, 3.63) is 42.1 Å². The molecule has 0 bridgehead atoms. The van der Waals surface area contributed by atoms with Gasteiger partial charge in [-0.05, 0) is 56.0 Å². The topological polar surface area (TPSA) is 94.1 Å². The SMILES string of the molecule is O=C(NC1CCN(C2CCCCC2)CC1)c1cc(-c2ccc(O)cc2)nc2[nH]ncc12. The van der Waals surface area contributed by atoms with Crippen LogP contribution in [0.3, 0.4) is 0 Å². The summed E-state index contributed by atoms with van der Waals surface area (Å²) >= 11 is 0. The Hall–Kier alpha value is -2.93. The van der Waals surface area contributed by atoms with E-state index in [2.05, 4.69) is 25.4 Å². The summed E-state index contributed by atoms with van der Waals surface area (Å²) in [4.78, 5) is 20.4. The number of pyridine rings is 1. The molecule has 1 aromatic carbocycles. The number of H-pyrrole nitrogens is 1. The maximum Gasteiger partial charge on any atom is 0.252 e. The van der Waals surface area contributed by atoms with Gasteiger partial charge in [0, 0.05) is 30.7 Å². The minimum atomic E-state index is -0.0788. The predicted molar refractivity (Wildman–Crippen MR) is 120 cm³/mol. The summed E-state index contributed by atoms with van der Waals surface area (Å²) in [6.45, 7) is 2.12. The van der Waals surface area contributed by atoms with Gasteiger partial charge in [-0.25, -0.2) is 4.98 Å². The smallest absolute Gasteiger partial charge is 0.252 e. The summed E-state index contributed by atoms with van der Waals surface area (Å²) in [7, 11) is 0. The van der Waals surface area contributed by atoms with Gasteiger partial charge >= 0.3 is 0 Å². The first-order chi connectivity index (χ1) is 15.2. The summed E-state index contributed by atoms with van der Waals surface area (Å²) in [5.74, 6) is 0.119. The standard InChI is InChI=1S/C24H29N5O2/c30-19-8-6-16(7-9-19)22-14-20(21-15-25-28-23(21)27-22)24(31)26-17-10-12-29(13-11-17)18-4-2-1-3-5-18/h6-9,14-15,17-18,30H,1-5,10-13H2,(H,26,31)(H,25,27,28). The van der Waals surface area contributed by atoms with Crippen molar-refractivity contribution in [2.75, 3.05) is 13.1 Å². The molecular formula is C24H29N5O2. The third-order valence-corrected chi connectivity index (χ3v) is 6.79. The second-order valence-corrected chi connectivity index (χ2v) is 8.81. The van der Waals surface area contributed by atoms with Gasteiger partial charge in [0.2, 0.25) is 0 Å². The second kappa shape index (κ2) is 8.67. The van der Waals surface area contributed by atoms with Crippen molar-refractivity contribution in [2.24, 2.45) is 0 Å². The van der Waals surface area contributed by atoms with Crippen LogP contribution < -0.4 is 5.32 Å². The van der Waals surface area contributed by atoms with Crippen LogP contribution in [0.1, 0.15) is 55.3 Å². The van der Waals surface area contributed by atoms with E-state index in [1.807, 2.05) is 6.07 Å². The Bertz CT molecular complexity index is 1050. The highest BCUT2D eigenvalue weighted by atomic mass is 16.3. The van der Waals surface area contributed by atoms with Gasteiger partial charge in [-0.3, -0.25) is 9.89 Å². The van der Waals surface area contributed by atoms with Gasteiger partial charge in [-0.15, -0.1) is 0 Å². The van der Waals surface area contributed by atoms with Gasteiger partial charge in [-0.1, -0.05) is 19.3 Å². The van der Waals surface area contributed by atoms with Gasteiger partial charge in [-0.2, -0.15) is 5.10 Å². The number of nitrogens with zero attached hydrogens (tertiary/aromatic N) is 3. The third kappa shape index (κ3) is 4.28. The van der Waals surface area contributed by atoms with E-state index in [0.29, 0.717) is 16.9 Å². The molecule has 7 nitrogen and oxygen atoms in total. The molecule has 3 heterocycles. The van der Waals surface area contributed by atoms with Gasteiger partial charge in [0.15, 0.2) is 5.65 Å². The van der Waals surface area contributed by atoms with Crippen LogP contribution in [0.15, 0.2) is 36.5 Å². The molecule has 1 amide bonds. The molecule has 1 aliphatic carbocycles. The zero-order valence-electron chi connectivity index (χ0n) is 17.7. The number of carbonyl (C=O) groups excluding carboxylic acids is 1. The van der Waals surface area contributed by atoms with E-state index in [1.54, 1.807) is 30.5 Å². The minimum absolute atomic E-state index is 0.0788. The molecule has 2 fully saturated rings. The number of likely N-dealkylation sites (tertiary alicyclic amines) is 1. The molecule has 3 N–H and O–H groups in total. The van der Waals surface area contributed by atoms with E-state index in [0.717, 1.165) is 42.9 Å². The predicted octanol–water partition coefficient (Wildman–Crippen LogP) is 3.86. The average molecular weight is 420 g/mol. The van der Waals surface area contributed by atoms with Crippen LogP contribution in [-0.4, -0.2) is 56.3 Å². The van der Waals surface area contributed by atoms with Crippen LogP contribution in [-0.2, 0) is 0 Å². The van der Waals surface area contributed by atoms with Crippen LogP contribution in [0.5, 0.6) is 5.75 Å². The monoisotopic (exact) mass is 419 g/mol. The third-order valence-electron chi connectivity index (χ3n) is 6.79. The highest BCUT2D eigenvalue weighted by Gasteiger charge is 2.27. The molecule has 5 rings (SSSR count). The Morgan fingerprint density at radius 1 is 1.06 bits per heavy atom. The van der Waals surface area contributed by atoms with E-state index in [9.17, 15) is 9.90 Å². The zero-order chi connectivity index (χ0) is 21.2. The van der Waals surface area contributed by atoms with Crippen LogP contribution in [0.4, 0.5) is 0 Å². The second-order valence-electron chi connectivity index (χ2n) is 8.81. The van der Waals surface area contributed by atoms with E-state index in [-0.39, 0.29) is 17.7 Å². The summed E-state index contributed by atoms with van der Waals surface area (Å²) in [6.07, 6.45) is 10.4. The van der Waals surface area contributed by atoms with E-state index in [4.69, 9.17) is 0 Å². The average Bonchev–Trinajstić information content (AvgIpc) is 3.29. The number of fused-ring (bicyclic) bond motifs is 1. The van der Waals surface area contributed by atoms with Gasteiger partial charge in [0.1, 0.15) is 5.75 Å². The van der Waals surface area contributed by atoms with Crippen LogP contribution in [0.25, 0.3) is 22.3 Å². The number of rotatable bonds is 4. The van der Waals surface area contributed by atoms with E-state index < -0.39 is 0 Å². The summed E-state index contributed by atoms with van der Waals surface area (Å²) < 4.78 is 0. The first-order valence-corrected chi connectivity index (χ1v) is 11.4. The molecule has 1 saturated carbocycles. The maximum atomic E-state index is 13.2. The first-order valence-electron chi connectivity index (χ1n) is 11.4. The Balaban J connectivity index is 1.30. The molecule has 0 radical (unpaired) electrons. The number of benzene rings is 1. The molecule has 0 spiro atoms. The molecule has 1 saturated heterocycles. The summed E-state index contributed by atoms with van der Waals surface area (Å²) in [5, 5.41) is 20.5. The van der Waals surface area contributed by atoms with Crippen molar-refractivity contribution in [1.82, 2.24) is 25.4 Å². The summed E-state index contributed by atoms with van der Waals surface area (Å²) in [6, 6.07) is 9.58. The molecule has 7 heteroatoms. The van der Waals surface area contributed by atoms with Crippen molar-refractivity contribution in [3.63, 3.8) is 0 Å². The van der Waals surface area contributed by atoms with Gasteiger partial charge in [0.05, 0.1) is 22.8 Å². The number of phenolic OH excluding ortho intramolecular Hbond substituents is 1. The lowest BCUT2D eigenvalue weighted by atomic mass is 9.92. The highest BCUT2D eigenvalue weighted by molar-refractivity contribution is 6.06. The van der Waals surface area contributed by atoms with E-state index in [1.165, 1.54) is 32.1 Å². The molecule has 162 valence electrons. The molecule has 0 atom stereocenters. The fraction of sp³-hybridized carbons (Fsp3) is 0.458. The lowest BCUT2D eigenvalue weighted by Crippen LogP contribution is -2.48. The molecule has 1 aliphatic heterocycles. The molecule has 3 aromatic rings. The number of nitrogens with one attached hydrogen (secondary N) is 2. The number of hydrogen-bond donors (Lipinski definition) is 3. The number of amides is 1. The molecule has 31 heavy (non-hydrogen) atoms. The van der Waals surface area contributed by atoms with Crippen LogP contribution in [0, 0.1) is 0 Å². The van der Waals surface area contributed by atoms with E-state index >= 15 is 0 Å². The van der Waals surface area contributed by atoms with Crippen LogP contribution in [0.2, 0.25) is 0 Å². The van der Waals surface area contributed by atoms with Crippen molar-refractivity contribution in [2.45, 2.75) is 57.0 Å². The lowest BCUT2D eigenvalue weighted by Gasteiger charge is -2.39. The lowest BCUT2D eigenvalue weighted by molar-refractivity contribution is 0.0867. The molecular weight excluding hydrogens is 390 g/mol. The Kier molecular flexibility index (Phi) is 5.59. The number of phenols is 1. The Labute approximate surface area is 181 Å². The molecule has 2 aromatic heterocycles. The fourth-order valence-electron chi connectivity index (χ4n) is 5.02. The first kappa shape index (κ1) is 20.0. The quantitative estimate of drug-likeness (QED) is 0.597. The zero-order valence-corrected chi connectivity index (χ0v) is 17.7. The molecule has 2 aliphatic rings. The Morgan fingerprint density at radius 3 is 2.55 bits per heavy atom. The number of aromatic hydroxyl groups is 1. The normalized spacial score (nSPS) is 19.0. The number of aromatic nitrogens is 3. The fourth-order valence-corrected chi connectivity index (χ4v) is 5.02. The van der Waals surface area contributed by atoms with Crippen molar-refractivity contribution in [1.29, 1.82) is 0 Å². The highest BCUT2D eigenvalue weighted by Crippen LogP contribution is 2.27. The number of carbonyl (C=O) groups is 1. The van der Waals surface area contributed by atoms with Gasteiger partial charge in [0.25, 0.3) is 5.91 Å². The summed E-state index contributed by atoms with van der Waals surface area (Å²) in [5.41, 5.74) is 2.68. The number of aromatic amines is 1. The van der Waals surface area contributed by atoms with Crippen LogP contribution >= 0.6 is 0 Å². The van der Waals surface area contributed by atoms with Gasteiger partial charge < -0.3 is 15.3 Å². The number of piperidine rings is 1. The van der Waals surface area contributed by atoms with Crippen molar-refractivity contribution in [3.8, 4) is 17.0 Å². The number of hydrogen-bond acceptors (Lipinski definition) is 5. The van der Waals surface area contributed by atoms with Crippen molar-refractivity contribution >= 4 is 16.9 Å². The largest absolute Gasteiger partial charge is 0.508 e. The van der Waals surface area contributed by atoms with Crippen molar-refractivity contribution < 1.29 is 9.90 Å². The Morgan fingerprint density at radius 2 is 1.81 bits per heavy atom. The maximum absolute atomic E-state index is 13.2. The minimum Gasteiger partial charge on any atom is -0.508 e. The molecule has 0 unspecified atom stereocenters.